The van der Waals surface area contributed by atoms with Crippen molar-refractivity contribution in [2.75, 3.05) is 26.2 Å². The second kappa shape index (κ2) is 6.69. The third kappa shape index (κ3) is 3.72. The summed E-state index contributed by atoms with van der Waals surface area (Å²) in [5.74, 6) is 1.56. The molecule has 0 saturated carbocycles. The van der Waals surface area contributed by atoms with Crippen LogP contribution in [0.3, 0.4) is 0 Å². The Morgan fingerprint density at radius 2 is 1.93 bits per heavy atom. The highest BCUT2D eigenvalue weighted by atomic mass is 79.9. The van der Waals surface area contributed by atoms with Crippen molar-refractivity contribution >= 4 is 15.9 Å². The number of halogens is 1. The minimum absolute atomic E-state index is 0.773. The molecule has 0 aliphatic heterocycles. The molecule has 1 aromatic rings. The molecular weight excluding hydrogens is 258 g/mol. The quantitative estimate of drug-likeness (QED) is 0.490. The van der Waals surface area contributed by atoms with E-state index in [1.54, 1.807) is 14.2 Å². The van der Waals surface area contributed by atoms with Gasteiger partial charge in [0.1, 0.15) is 0 Å². The summed E-state index contributed by atoms with van der Waals surface area (Å²) in [4.78, 5) is 0. The number of benzene rings is 1. The van der Waals surface area contributed by atoms with Crippen LogP contribution in [0.5, 0.6) is 11.5 Å². The van der Waals surface area contributed by atoms with E-state index in [1.165, 1.54) is 5.56 Å². The zero-order chi connectivity index (χ0) is 11.1. The first-order chi connectivity index (χ1) is 7.31. The van der Waals surface area contributed by atoms with Crippen molar-refractivity contribution in [1.29, 1.82) is 0 Å². The largest absolute Gasteiger partial charge is 0.493 e. The molecule has 0 amide bonds. The summed E-state index contributed by atoms with van der Waals surface area (Å²) in [6.07, 6.45) is 0.978. The van der Waals surface area contributed by atoms with Gasteiger partial charge in [0.05, 0.1) is 19.7 Å². The van der Waals surface area contributed by atoms with E-state index in [1.807, 2.05) is 12.1 Å². The molecule has 4 heteroatoms. The number of methoxy groups -OCH3 is 2. The molecule has 0 spiro atoms. The fraction of sp³-hybridized carbons (Fsp3) is 0.455. The first kappa shape index (κ1) is 12.3. The molecule has 0 bridgehead atoms. The van der Waals surface area contributed by atoms with Crippen LogP contribution in [-0.4, -0.2) is 26.2 Å². The van der Waals surface area contributed by atoms with E-state index in [0.29, 0.717) is 0 Å². The molecule has 15 heavy (non-hydrogen) atoms. The standard InChI is InChI=1S/C11H16BrNO2/c1-14-10-4-3-9(5-6-13-8-12)7-11(10)15-2/h3-4,7,13H,5-6,8H2,1-2H3. The van der Waals surface area contributed by atoms with Gasteiger partial charge in [0.25, 0.3) is 0 Å². The smallest absolute Gasteiger partial charge is 0.160 e. The molecule has 84 valence electrons. The molecular formula is C11H16BrNO2. The molecule has 1 aromatic carbocycles. The van der Waals surface area contributed by atoms with Gasteiger partial charge in [0.15, 0.2) is 11.5 Å². The summed E-state index contributed by atoms with van der Waals surface area (Å²) in [5, 5.41) is 3.21. The van der Waals surface area contributed by atoms with Crippen LogP contribution in [0.4, 0.5) is 0 Å². The number of hydrogen-bond acceptors (Lipinski definition) is 3. The van der Waals surface area contributed by atoms with Gasteiger partial charge in [0.2, 0.25) is 0 Å². The van der Waals surface area contributed by atoms with Crippen LogP contribution in [0.15, 0.2) is 18.2 Å². The molecule has 0 heterocycles. The lowest BCUT2D eigenvalue weighted by atomic mass is 10.1. The number of ether oxygens (including phenoxy) is 2. The van der Waals surface area contributed by atoms with Gasteiger partial charge in [-0.25, -0.2) is 0 Å². The molecule has 0 aliphatic rings. The molecule has 0 unspecified atom stereocenters. The van der Waals surface area contributed by atoms with E-state index < -0.39 is 0 Å². The molecule has 1 rings (SSSR count). The van der Waals surface area contributed by atoms with Gasteiger partial charge in [-0.05, 0) is 30.7 Å². The summed E-state index contributed by atoms with van der Waals surface area (Å²) >= 11 is 3.32. The third-order valence-corrected chi connectivity index (χ3v) is 2.53. The summed E-state index contributed by atoms with van der Waals surface area (Å²) in [7, 11) is 3.29. The van der Waals surface area contributed by atoms with Crippen molar-refractivity contribution in [2.24, 2.45) is 0 Å². The minimum Gasteiger partial charge on any atom is -0.493 e. The van der Waals surface area contributed by atoms with Crippen LogP contribution in [0.2, 0.25) is 0 Å². The summed E-state index contributed by atoms with van der Waals surface area (Å²) in [6, 6.07) is 5.99. The Hall–Kier alpha value is -0.740. The van der Waals surface area contributed by atoms with Crippen molar-refractivity contribution in [3.05, 3.63) is 23.8 Å². The van der Waals surface area contributed by atoms with E-state index in [4.69, 9.17) is 9.47 Å². The fourth-order valence-corrected chi connectivity index (χ4v) is 1.62. The van der Waals surface area contributed by atoms with Gasteiger partial charge in [-0.3, -0.25) is 0 Å². The number of alkyl halides is 1. The first-order valence-corrected chi connectivity index (χ1v) is 5.91. The maximum Gasteiger partial charge on any atom is 0.160 e. The summed E-state index contributed by atoms with van der Waals surface area (Å²) in [5.41, 5.74) is 2.06. The van der Waals surface area contributed by atoms with Crippen molar-refractivity contribution in [2.45, 2.75) is 6.42 Å². The van der Waals surface area contributed by atoms with E-state index in [0.717, 1.165) is 29.9 Å². The Balaban J connectivity index is 2.66. The van der Waals surface area contributed by atoms with E-state index >= 15 is 0 Å². The Morgan fingerprint density at radius 3 is 2.53 bits per heavy atom. The summed E-state index contributed by atoms with van der Waals surface area (Å²) < 4.78 is 10.4. The average molecular weight is 274 g/mol. The predicted molar refractivity (Wildman–Crippen MR) is 65.0 cm³/mol. The Morgan fingerprint density at radius 1 is 1.20 bits per heavy atom. The van der Waals surface area contributed by atoms with Crippen molar-refractivity contribution in [3.8, 4) is 11.5 Å². The maximum atomic E-state index is 5.23. The van der Waals surface area contributed by atoms with Crippen LogP contribution in [0, 0.1) is 0 Å². The molecule has 3 nitrogen and oxygen atoms in total. The highest BCUT2D eigenvalue weighted by Crippen LogP contribution is 2.27. The van der Waals surface area contributed by atoms with Crippen LogP contribution >= 0.6 is 15.9 Å². The van der Waals surface area contributed by atoms with Crippen molar-refractivity contribution in [3.63, 3.8) is 0 Å². The monoisotopic (exact) mass is 273 g/mol. The number of hydrogen-bond donors (Lipinski definition) is 1. The zero-order valence-electron chi connectivity index (χ0n) is 9.05. The molecule has 0 aromatic heterocycles. The van der Waals surface area contributed by atoms with Gasteiger partial charge >= 0.3 is 0 Å². The average Bonchev–Trinajstić information content (AvgIpc) is 2.29. The Kier molecular flexibility index (Phi) is 5.50. The lowest BCUT2D eigenvalue weighted by Gasteiger charge is -2.09. The van der Waals surface area contributed by atoms with Gasteiger partial charge in [0, 0.05) is 0 Å². The molecule has 0 aliphatic carbocycles. The van der Waals surface area contributed by atoms with Crippen molar-refractivity contribution < 1.29 is 9.47 Å². The zero-order valence-corrected chi connectivity index (χ0v) is 10.6. The second-order valence-electron chi connectivity index (χ2n) is 3.07. The fourth-order valence-electron chi connectivity index (χ4n) is 1.34. The van der Waals surface area contributed by atoms with E-state index in [2.05, 4.69) is 27.3 Å². The molecule has 0 fully saturated rings. The summed E-state index contributed by atoms with van der Waals surface area (Å²) in [6.45, 7) is 0.945. The maximum absolute atomic E-state index is 5.23. The normalized spacial score (nSPS) is 10.1. The SMILES string of the molecule is COc1ccc(CCNCBr)cc1OC. The van der Waals surface area contributed by atoms with Crippen LogP contribution < -0.4 is 14.8 Å². The van der Waals surface area contributed by atoms with Gasteiger partial charge < -0.3 is 14.8 Å². The van der Waals surface area contributed by atoms with Crippen LogP contribution in [-0.2, 0) is 6.42 Å². The van der Waals surface area contributed by atoms with Crippen LogP contribution in [0.1, 0.15) is 5.56 Å². The first-order valence-electron chi connectivity index (χ1n) is 4.79. The lowest BCUT2D eigenvalue weighted by molar-refractivity contribution is 0.354. The molecule has 0 radical (unpaired) electrons. The van der Waals surface area contributed by atoms with Crippen molar-refractivity contribution in [1.82, 2.24) is 5.32 Å². The molecule has 0 saturated heterocycles. The van der Waals surface area contributed by atoms with Gasteiger partial charge in [-0.2, -0.15) is 0 Å². The van der Waals surface area contributed by atoms with Gasteiger partial charge in [-0.15, -0.1) is 0 Å². The minimum atomic E-state index is 0.773. The molecule has 1 N–H and O–H groups in total. The Labute approximate surface area is 98.9 Å². The third-order valence-electron chi connectivity index (χ3n) is 2.13. The molecule has 0 atom stereocenters. The van der Waals surface area contributed by atoms with E-state index in [9.17, 15) is 0 Å². The lowest BCUT2D eigenvalue weighted by Crippen LogP contribution is -2.14. The topological polar surface area (TPSA) is 30.5 Å². The number of nitrogens with one attached hydrogen (secondary N) is 1. The predicted octanol–water partition coefficient (Wildman–Crippen LogP) is 2.19. The highest BCUT2D eigenvalue weighted by Gasteiger charge is 2.03. The van der Waals surface area contributed by atoms with Gasteiger partial charge in [-0.1, -0.05) is 22.0 Å². The van der Waals surface area contributed by atoms with E-state index in [-0.39, 0.29) is 0 Å². The highest BCUT2D eigenvalue weighted by molar-refractivity contribution is 9.09. The Bertz CT molecular complexity index is 305. The van der Waals surface area contributed by atoms with Crippen LogP contribution in [0.25, 0.3) is 0 Å². The second-order valence-corrected chi connectivity index (χ2v) is 3.63. The number of rotatable bonds is 6.